The van der Waals surface area contributed by atoms with Crippen LogP contribution in [0.15, 0.2) is 83.0 Å². The van der Waals surface area contributed by atoms with Crippen LogP contribution in [0, 0.1) is 6.92 Å². The second kappa shape index (κ2) is 17.8. The van der Waals surface area contributed by atoms with Gasteiger partial charge in [0, 0.05) is 10.8 Å². The van der Waals surface area contributed by atoms with Gasteiger partial charge in [-0.25, -0.2) is 0 Å². The van der Waals surface area contributed by atoms with E-state index in [0.717, 1.165) is 18.4 Å². The van der Waals surface area contributed by atoms with Crippen LogP contribution in [0.4, 0.5) is 17.1 Å². The summed E-state index contributed by atoms with van der Waals surface area (Å²) in [5, 5.41) is 33.9. The zero-order valence-corrected chi connectivity index (χ0v) is 26.7. The number of anilines is 1. The van der Waals surface area contributed by atoms with Crippen LogP contribution >= 0.6 is 0 Å². The molecule has 4 rings (SSSR count). The number of fused-ring (bicyclic) bond motifs is 1. The van der Waals surface area contributed by atoms with Gasteiger partial charge in [0.15, 0.2) is 0 Å². The number of para-hydroxylation sites is 2. The summed E-state index contributed by atoms with van der Waals surface area (Å²) in [6, 6.07) is 21.1. The highest BCUT2D eigenvalue weighted by molar-refractivity contribution is 6.12. The first-order chi connectivity index (χ1) is 22.0. The van der Waals surface area contributed by atoms with E-state index in [2.05, 4.69) is 22.5 Å². The van der Waals surface area contributed by atoms with Gasteiger partial charge in [-0.2, -0.15) is 0 Å². The lowest BCUT2D eigenvalue weighted by molar-refractivity contribution is 0.102. The van der Waals surface area contributed by atoms with Crippen LogP contribution in [-0.2, 0) is 0 Å². The molecule has 0 saturated carbocycles. The van der Waals surface area contributed by atoms with E-state index in [9.17, 15) is 15.0 Å². The summed E-state index contributed by atoms with van der Waals surface area (Å²) in [6.45, 7) is 4.73. The third-order valence-electron chi connectivity index (χ3n) is 8.03. The van der Waals surface area contributed by atoms with E-state index in [4.69, 9.17) is 4.74 Å². The average molecular weight is 610 g/mol. The molecule has 0 fully saturated rings. The largest absolute Gasteiger partial charge is 0.506 e. The zero-order chi connectivity index (χ0) is 31.9. The van der Waals surface area contributed by atoms with E-state index in [1.165, 1.54) is 70.3 Å². The Bertz CT molecular complexity index is 1570. The summed E-state index contributed by atoms with van der Waals surface area (Å²) in [7, 11) is 0. The van der Waals surface area contributed by atoms with Gasteiger partial charge in [0.2, 0.25) is 0 Å². The summed E-state index contributed by atoms with van der Waals surface area (Å²) in [6.07, 6.45) is 15.4. The van der Waals surface area contributed by atoms with Crippen LogP contribution in [-0.4, -0.2) is 22.7 Å². The number of phenols is 2. The van der Waals surface area contributed by atoms with Gasteiger partial charge in [-0.3, -0.25) is 4.79 Å². The number of amides is 1. The van der Waals surface area contributed by atoms with E-state index in [1.807, 2.05) is 31.2 Å². The molecule has 7 nitrogen and oxygen atoms in total. The van der Waals surface area contributed by atoms with Gasteiger partial charge in [0.1, 0.15) is 22.9 Å². The Kier molecular flexibility index (Phi) is 13.2. The molecule has 3 N–H and O–H groups in total. The first-order valence-corrected chi connectivity index (χ1v) is 16.5. The number of nitrogens with zero attached hydrogens (tertiary/aromatic N) is 2. The normalized spacial score (nSPS) is 11.3. The maximum atomic E-state index is 13.5. The molecule has 0 bridgehead atoms. The van der Waals surface area contributed by atoms with E-state index in [0.29, 0.717) is 40.2 Å². The SMILES string of the molecule is CCCCCCCCCCCCCCOc1ccccc1NC(=O)c1cc(N=Nc2cc(C)ccc2O)c2ccccc2c1O. The fourth-order valence-electron chi connectivity index (χ4n) is 5.43. The topological polar surface area (TPSA) is 104 Å². The molecule has 238 valence electrons. The summed E-state index contributed by atoms with van der Waals surface area (Å²) >= 11 is 0. The molecular formula is C38H47N3O4. The van der Waals surface area contributed by atoms with Crippen molar-refractivity contribution in [3.63, 3.8) is 0 Å². The molecule has 0 aliphatic carbocycles. The van der Waals surface area contributed by atoms with Crippen molar-refractivity contribution in [2.45, 2.75) is 90.9 Å². The van der Waals surface area contributed by atoms with Crippen molar-refractivity contribution in [3.05, 3.63) is 83.9 Å². The number of ether oxygens (including phenoxy) is 1. The number of hydrogen-bond donors (Lipinski definition) is 3. The number of hydrogen-bond acceptors (Lipinski definition) is 6. The Morgan fingerprint density at radius 3 is 2.02 bits per heavy atom. The molecule has 0 atom stereocenters. The Labute approximate surface area is 267 Å². The predicted molar refractivity (Wildman–Crippen MR) is 184 cm³/mol. The molecule has 0 aliphatic rings. The molecule has 4 aromatic carbocycles. The van der Waals surface area contributed by atoms with Crippen LogP contribution in [0.3, 0.4) is 0 Å². The number of carbonyl (C=O) groups excluding carboxylic acids is 1. The fourth-order valence-corrected chi connectivity index (χ4v) is 5.43. The molecule has 7 heteroatoms. The van der Waals surface area contributed by atoms with Crippen molar-refractivity contribution in [2.75, 3.05) is 11.9 Å². The minimum atomic E-state index is -0.491. The lowest BCUT2D eigenvalue weighted by Crippen LogP contribution is -2.13. The third-order valence-corrected chi connectivity index (χ3v) is 8.03. The lowest BCUT2D eigenvalue weighted by Gasteiger charge is -2.14. The van der Waals surface area contributed by atoms with Gasteiger partial charge in [0.05, 0.1) is 23.5 Å². The number of carbonyl (C=O) groups is 1. The van der Waals surface area contributed by atoms with Crippen molar-refractivity contribution in [1.82, 2.24) is 0 Å². The summed E-state index contributed by atoms with van der Waals surface area (Å²) in [4.78, 5) is 13.5. The zero-order valence-electron chi connectivity index (χ0n) is 26.7. The number of aromatic hydroxyl groups is 2. The highest BCUT2D eigenvalue weighted by Crippen LogP contribution is 2.38. The van der Waals surface area contributed by atoms with Crippen LogP contribution in [0.5, 0.6) is 17.2 Å². The molecule has 0 spiro atoms. The van der Waals surface area contributed by atoms with Gasteiger partial charge < -0.3 is 20.3 Å². The van der Waals surface area contributed by atoms with Crippen molar-refractivity contribution < 1.29 is 19.7 Å². The maximum absolute atomic E-state index is 13.5. The standard InChI is InChI=1S/C38H47N3O4/c1-3-4-5-6-7-8-9-10-11-12-13-18-25-45-36-22-17-16-21-32(36)39-38(44)31-27-33(29-19-14-15-20-30(29)37(31)43)40-41-34-26-28(2)23-24-35(34)42/h14-17,19-24,26-27,42-43H,3-13,18,25H2,1-2H3,(H,39,44). The van der Waals surface area contributed by atoms with Gasteiger partial charge in [-0.1, -0.05) is 120 Å². The molecule has 1 amide bonds. The van der Waals surface area contributed by atoms with E-state index in [-0.39, 0.29) is 17.1 Å². The van der Waals surface area contributed by atoms with Crippen molar-refractivity contribution in [1.29, 1.82) is 0 Å². The first-order valence-electron chi connectivity index (χ1n) is 16.5. The Balaban J connectivity index is 1.34. The molecule has 0 aromatic heterocycles. The van der Waals surface area contributed by atoms with Crippen LogP contribution < -0.4 is 10.1 Å². The highest BCUT2D eigenvalue weighted by Gasteiger charge is 2.19. The Hall–Kier alpha value is -4.39. The minimum absolute atomic E-state index is 0.00510. The van der Waals surface area contributed by atoms with E-state index >= 15 is 0 Å². The van der Waals surface area contributed by atoms with Crippen LogP contribution in [0.25, 0.3) is 10.8 Å². The highest BCUT2D eigenvalue weighted by atomic mass is 16.5. The predicted octanol–water partition coefficient (Wildman–Crippen LogP) is 11.3. The quantitative estimate of drug-likeness (QED) is 0.0771. The number of azo groups is 1. The smallest absolute Gasteiger partial charge is 0.259 e. The Morgan fingerprint density at radius 2 is 1.31 bits per heavy atom. The summed E-state index contributed by atoms with van der Waals surface area (Å²) in [5.41, 5.74) is 2.23. The molecule has 0 aliphatic heterocycles. The molecular weight excluding hydrogens is 562 g/mol. The van der Waals surface area contributed by atoms with Crippen molar-refractivity contribution >= 4 is 33.7 Å². The van der Waals surface area contributed by atoms with Crippen molar-refractivity contribution in [2.24, 2.45) is 10.2 Å². The minimum Gasteiger partial charge on any atom is -0.506 e. The van der Waals surface area contributed by atoms with Gasteiger partial charge in [0.25, 0.3) is 5.91 Å². The molecule has 4 aromatic rings. The van der Waals surface area contributed by atoms with E-state index in [1.54, 1.807) is 42.5 Å². The summed E-state index contributed by atoms with van der Waals surface area (Å²) < 4.78 is 6.06. The molecule has 0 unspecified atom stereocenters. The van der Waals surface area contributed by atoms with Gasteiger partial charge in [-0.05, 0) is 49.2 Å². The molecule has 0 heterocycles. The number of benzene rings is 4. The van der Waals surface area contributed by atoms with Crippen LogP contribution in [0.1, 0.15) is 99.9 Å². The second-order valence-electron chi connectivity index (χ2n) is 11.7. The Morgan fingerprint density at radius 1 is 0.711 bits per heavy atom. The lowest BCUT2D eigenvalue weighted by atomic mass is 10.0. The van der Waals surface area contributed by atoms with E-state index < -0.39 is 5.91 Å². The van der Waals surface area contributed by atoms with Crippen LogP contribution in [0.2, 0.25) is 0 Å². The number of unbranched alkanes of at least 4 members (excludes halogenated alkanes) is 11. The second-order valence-corrected chi connectivity index (χ2v) is 11.7. The number of phenolic OH excluding ortho intramolecular Hbond substituents is 2. The van der Waals surface area contributed by atoms with Gasteiger partial charge >= 0.3 is 0 Å². The fraction of sp³-hybridized carbons (Fsp3) is 0.395. The third kappa shape index (κ3) is 10.1. The number of nitrogens with one attached hydrogen (secondary N) is 1. The first kappa shape index (κ1) is 33.5. The molecule has 0 radical (unpaired) electrons. The van der Waals surface area contributed by atoms with Crippen molar-refractivity contribution in [3.8, 4) is 17.2 Å². The molecule has 0 saturated heterocycles. The summed E-state index contributed by atoms with van der Waals surface area (Å²) in [5.74, 6) is -0.0422. The monoisotopic (exact) mass is 609 g/mol. The maximum Gasteiger partial charge on any atom is 0.259 e. The molecule has 45 heavy (non-hydrogen) atoms. The van der Waals surface area contributed by atoms with Gasteiger partial charge in [-0.15, -0.1) is 10.2 Å². The number of rotatable bonds is 18. The average Bonchev–Trinajstić information content (AvgIpc) is 3.05. The number of aryl methyl sites for hydroxylation is 1.